The molecule has 6 rings (SSSR count). The van der Waals surface area contributed by atoms with Crippen LogP contribution in [0.4, 0.5) is 5.69 Å². The van der Waals surface area contributed by atoms with E-state index in [2.05, 4.69) is 21.2 Å². The lowest BCUT2D eigenvalue weighted by molar-refractivity contribution is -0.145. The highest BCUT2D eigenvalue weighted by Gasteiger charge is 2.74. The molecule has 4 heterocycles. The molecule has 1 spiro atoms. The van der Waals surface area contributed by atoms with Crippen LogP contribution in [-0.4, -0.2) is 84.9 Å². The lowest BCUT2D eigenvalue weighted by Crippen LogP contribution is -2.56. The molecule has 2 fully saturated rings. The molecule has 0 radical (unpaired) electrons. The summed E-state index contributed by atoms with van der Waals surface area (Å²) >= 11 is 3.60. The van der Waals surface area contributed by atoms with E-state index < -0.39 is 47.5 Å². The van der Waals surface area contributed by atoms with Crippen molar-refractivity contribution in [3.8, 4) is 5.75 Å². The minimum atomic E-state index is -1.41. The van der Waals surface area contributed by atoms with E-state index in [1.807, 2.05) is 42.5 Å². The predicted octanol–water partition coefficient (Wildman–Crippen LogP) is 3.42. The number of nitrogens with one attached hydrogen (secondary N) is 1. The molecule has 2 N–H and O–H groups in total. The Kier molecular flexibility index (Phi) is 9.81. The maximum absolute atomic E-state index is 14.9. The third-order valence-electron chi connectivity index (χ3n) is 9.32. The van der Waals surface area contributed by atoms with Crippen molar-refractivity contribution in [1.29, 1.82) is 0 Å². The van der Waals surface area contributed by atoms with Crippen molar-refractivity contribution < 1.29 is 38.5 Å². The maximum atomic E-state index is 14.9. The van der Waals surface area contributed by atoms with Gasteiger partial charge in [0.15, 0.2) is 0 Å². The molecule has 47 heavy (non-hydrogen) atoms. The molecule has 2 aromatic rings. The molecule has 11 nitrogen and oxygen atoms in total. The Hall–Kier alpha value is -4.00. The summed E-state index contributed by atoms with van der Waals surface area (Å²) in [6.07, 6.45) is 6.05. The lowest BCUT2D eigenvalue weighted by Gasteiger charge is -2.36. The number of carbonyl (C=O) groups excluding carboxylic acids is 4. The number of hydrogen-bond donors (Lipinski definition) is 2. The standard InChI is InChI=1S/C35H38BrN3O8/c1-45-24-15-13-23(14-16-24)38-17-7-3-6-12-27(41)46-21-26(22-10-4-2-5-11-22)37-32(42)28-29-33(43)39(18-8-9-19-40)31(34(38)44)35(29)20-25(36)30(28)47-35/h2-5,7,10-11,13-16,20,26,28-31,40H,6,8-9,12,17-19,21H2,1H3,(H,37,42)/b7-3-/t26-,28-,29+,30-,31-,35+/m1/s1. The molecular formula is C35H38BrN3O8. The summed E-state index contributed by atoms with van der Waals surface area (Å²) in [4.78, 5) is 59.3. The van der Waals surface area contributed by atoms with Gasteiger partial charge in [-0.2, -0.15) is 0 Å². The van der Waals surface area contributed by atoms with Gasteiger partial charge in [-0.1, -0.05) is 58.4 Å². The van der Waals surface area contributed by atoms with Gasteiger partial charge in [0, 0.05) is 36.3 Å². The van der Waals surface area contributed by atoms with Crippen molar-refractivity contribution in [3.63, 3.8) is 0 Å². The fourth-order valence-electron chi connectivity index (χ4n) is 7.08. The molecule has 0 aromatic heterocycles. The van der Waals surface area contributed by atoms with E-state index in [1.165, 1.54) is 4.90 Å². The fourth-order valence-corrected chi connectivity index (χ4v) is 7.82. The van der Waals surface area contributed by atoms with Crippen LogP contribution in [0.3, 0.4) is 0 Å². The Morgan fingerprint density at radius 3 is 2.51 bits per heavy atom. The Labute approximate surface area is 281 Å². The van der Waals surface area contributed by atoms with Gasteiger partial charge >= 0.3 is 5.97 Å². The Balaban J connectivity index is 1.44. The highest BCUT2D eigenvalue weighted by Crippen LogP contribution is 2.58. The van der Waals surface area contributed by atoms with Crippen molar-refractivity contribution >= 4 is 45.3 Å². The lowest BCUT2D eigenvalue weighted by atomic mass is 9.74. The second kappa shape index (κ2) is 14.0. The average molecular weight is 709 g/mol. The minimum absolute atomic E-state index is 0.0571. The summed E-state index contributed by atoms with van der Waals surface area (Å²) in [5, 5.41) is 12.6. The highest BCUT2D eigenvalue weighted by atomic mass is 79.9. The smallest absolute Gasteiger partial charge is 0.306 e. The number of rotatable bonds is 7. The van der Waals surface area contributed by atoms with Crippen LogP contribution in [0.1, 0.15) is 37.3 Å². The fraction of sp³-hybridized carbons (Fsp3) is 0.429. The van der Waals surface area contributed by atoms with Crippen molar-refractivity contribution in [1.82, 2.24) is 10.2 Å². The number of cyclic esters (lactones) is 1. The number of fused-ring (bicyclic) bond motifs is 2. The summed E-state index contributed by atoms with van der Waals surface area (Å²) < 4.78 is 18.1. The van der Waals surface area contributed by atoms with Gasteiger partial charge < -0.3 is 34.4 Å². The third kappa shape index (κ3) is 6.21. The topological polar surface area (TPSA) is 135 Å². The predicted molar refractivity (Wildman–Crippen MR) is 175 cm³/mol. The van der Waals surface area contributed by atoms with Crippen LogP contribution in [-0.2, 0) is 28.7 Å². The first kappa shape index (κ1) is 32.9. The van der Waals surface area contributed by atoms with Gasteiger partial charge in [0.05, 0.1) is 25.0 Å². The van der Waals surface area contributed by atoms with Crippen molar-refractivity contribution in [2.75, 3.05) is 38.3 Å². The summed E-state index contributed by atoms with van der Waals surface area (Å²) in [5.41, 5.74) is -0.0851. The van der Waals surface area contributed by atoms with E-state index in [0.29, 0.717) is 35.2 Å². The average Bonchev–Trinajstić information content (AvgIpc) is 3.67. The molecule has 0 aliphatic carbocycles. The number of aliphatic hydroxyl groups excluding tert-OH is 1. The molecule has 4 aliphatic rings. The van der Waals surface area contributed by atoms with Crippen molar-refractivity contribution in [3.05, 3.63) is 82.9 Å². The second-order valence-corrected chi connectivity index (χ2v) is 13.0. The van der Waals surface area contributed by atoms with Crippen LogP contribution in [0.25, 0.3) is 0 Å². The first-order valence-corrected chi connectivity index (χ1v) is 16.7. The number of hydrogen-bond acceptors (Lipinski definition) is 8. The Morgan fingerprint density at radius 1 is 1.02 bits per heavy atom. The molecule has 12 heteroatoms. The molecule has 0 saturated carbocycles. The zero-order valence-electron chi connectivity index (χ0n) is 26.0. The number of carbonyl (C=O) groups is 4. The monoisotopic (exact) mass is 707 g/mol. The molecule has 2 aromatic carbocycles. The number of benzene rings is 2. The Morgan fingerprint density at radius 2 is 1.79 bits per heavy atom. The zero-order valence-corrected chi connectivity index (χ0v) is 27.6. The SMILES string of the molecule is COc1ccc(N2C/C=C\CCC(=O)OC[C@H](c3ccccc3)NC(=O)[C@H]3[C@@H]4O[C@@]5(C=C4Br)[C@@H]3C(=O)N(CCCCO)[C@@H]5C2=O)cc1. The van der Waals surface area contributed by atoms with Gasteiger partial charge in [-0.25, -0.2) is 0 Å². The number of aliphatic hydroxyl groups is 1. The first-order valence-electron chi connectivity index (χ1n) is 15.9. The van der Waals surface area contributed by atoms with E-state index in [0.717, 1.165) is 5.56 Å². The molecule has 5 bridgehead atoms. The number of ether oxygens (including phenoxy) is 3. The first-order chi connectivity index (χ1) is 22.8. The molecule has 2 saturated heterocycles. The zero-order chi connectivity index (χ0) is 33.1. The van der Waals surface area contributed by atoms with Gasteiger partial charge in [0.2, 0.25) is 11.8 Å². The van der Waals surface area contributed by atoms with E-state index in [-0.39, 0.29) is 44.5 Å². The number of halogens is 1. The van der Waals surface area contributed by atoms with Crippen LogP contribution in [0.2, 0.25) is 0 Å². The number of allylic oxidation sites excluding steroid dienone is 1. The van der Waals surface area contributed by atoms with Gasteiger partial charge in [-0.05, 0) is 55.2 Å². The molecular weight excluding hydrogens is 670 g/mol. The summed E-state index contributed by atoms with van der Waals surface area (Å²) in [6.45, 7) is 0.219. The maximum Gasteiger partial charge on any atom is 0.306 e. The van der Waals surface area contributed by atoms with Gasteiger partial charge in [-0.3, -0.25) is 19.2 Å². The number of methoxy groups -OCH3 is 1. The summed E-state index contributed by atoms with van der Waals surface area (Å²) in [6, 6.07) is 14.5. The number of anilines is 1. The minimum Gasteiger partial charge on any atom is -0.497 e. The molecule has 6 atom stereocenters. The quantitative estimate of drug-likeness (QED) is 0.254. The summed E-state index contributed by atoms with van der Waals surface area (Å²) in [5.74, 6) is -2.89. The third-order valence-corrected chi connectivity index (χ3v) is 10.00. The normalized spacial score (nSPS) is 30.1. The molecule has 0 unspecified atom stereocenters. The second-order valence-electron chi connectivity index (χ2n) is 12.1. The van der Waals surface area contributed by atoms with Crippen molar-refractivity contribution in [2.45, 2.75) is 49.5 Å². The van der Waals surface area contributed by atoms with E-state index in [9.17, 15) is 24.3 Å². The van der Waals surface area contributed by atoms with Crippen LogP contribution < -0.4 is 15.0 Å². The van der Waals surface area contributed by atoms with Crippen LogP contribution in [0.5, 0.6) is 5.75 Å². The van der Waals surface area contributed by atoms with Gasteiger partial charge in [0.25, 0.3) is 5.91 Å². The van der Waals surface area contributed by atoms with Crippen LogP contribution in [0.15, 0.2) is 77.3 Å². The van der Waals surface area contributed by atoms with Crippen molar-refractivity contribution in [2.24, 2.45) is 11.8 Å². The molecule has 4 aliphatic heterocycles. The van der Waals surface area contributed by atoms with E-state index in [4.69, 9.17) is 14.2 Å². The van der Waals surface area contributed by atoms with Crippen LogP contribution >= 0.6 is 15.9 Å². The van der Waals surface area contributed by atoms with E-state index >= 15 is 0 Å². The number of esters is 1. The Bertz CT molecular complexity index is 1560. The van der Waals surface area contributed by atoms with E-state index in [1.54, 1.807) is 42.4 Å². The highest BCUT2D eigenvalue weighted by molar-refractivity contribution is 9.11. The summed E-state index contributed by atoms with van der Waals surface area (Å²) in [7, 11) is 1.56. The number of unbranched alkanes of at least 4 members (excludes halogenated alkanes) is 1. The van der Waals surface area contributed by atoms with Gasteiger partial charge in [0.1, 0.15) is 30.1 Å². The molecule has 3 amide bonds. The molecule has 248 valence electrons. The largest absolute Gasteiger partial charge is 0.497 e. The number of amides is 3. The van der Waals surface area contributed by atoms with Crippen LogP contribution in [0, 0.1) is 11.8 Å². The number of nitrogens with zero attached hydrogens (tertiary/aromatic N) is 2. The van der Waals surface area contributed by atoms with Gasteiger partial charge in [-0.15, -0.1) is 0 Å². The number of likely N-dealkylation sites (tertiary alicyclic amines) is 1.